The van der Waals surface area contributed by atoms with Crippen molar-refractivity contribution < 1.29 is 19.1 Å². The Morgan fingerprint density at radius 1 is 0.692 bits per heavy atom. The summed E-state index contributed by atoms with van der Waals surface area (Å²) in [6.07, 6.45) is 0. The van der Waals surface area contributed by atoms with E-state index in [0.717, 1.165) is 22.6 Å². The van der Waals surface area contributed by atoms with Crippen LogP contribution in [0.4, 0.5) is 0 Å². The van der Waals surface area contributed by atoms with Gasteiger partial charge >= 0.3 is 0 Å². The lowest BCUT2D eigenvalue weighted by Gasteiger charge is -2.11. The molecule has 0 radical (unpaired) electrons. The number of hydrogen-bond acceptors (Lipinski definition) is 6. The van der Waals surface area contributed by atoms with Gasteiger partial charge in [-0.05, 0) is 59.7 Å². The predicted octanol–water partition coefficient (Wildman–Crippen LogP) is 3.39. The number of hydrogen-bond donors (Lipinski definition) is 2. The van der Waals surface area contributed by atoms with E-state index >= 15 is 0 Å². The second kappa shape index (κ2) is 10.1. The van der Waals surface area contributed by atoms with E-state index in [1.807, 2.05) is 48.5 Å². The maximum Gasteiger partial charge on any atom is 0.122 e. The van der Waals surface area contributed by atoms with Gasteiger partial charge in [-0.15, -0.1) is 0 Å². The first kappa shape index (κ1) is 19.4. The number of nitrogens with one attached hydrogen (secondary N) is 2. The third-order valence-electron chi connectivity index (χ3n) is 3.48. The summed E-state index contributed by atoms with van der Waals surface area (Å²) in [5, 5.41) is 0. The van der Waals surface area contributed by atoms with Crippen LogP contribution in [0.25, 0.3) is 11.4 Å². The largest absolute Gasteiger partial charge is 0.490 e. The molecule has 0 aromatic heterocycles. The van der Waals surface area contributed by atoms with Crippen LogP contribution < -0.4 is 20.4 Å². The van der Waals surface area contributed by atoms with Gasteiger partial charge in [-0.2, -0.15) is 0 Å². The molecule has 2 rings (SSSR count). The number of rotatable bonds is 11. The van der Waals surface area contributed by atoms with Crippen LogP contribution in [0.3, 0.4) is 0 Å². The topological polar surface area (TPSA) is 61.0 Å². The summed E-state index contributed by atoms with van der Waals surface area (Å²) in [5.74, 6) is 1.53. The van der Waals surface area contributed by atoms with Gasteiger partial charge in [0.15, 0.2) is 0 Å². The van der Waals surface area contributed by atoms with Gasteiger partial charge in [-0.25, -0.2) is 0 Å². The molecule has 0 saturated heterocycles. The Morgan fingerprint density at radius 2 is 1.04 bits per heavy atom. The average Bonchev–Trinajstić information content (AvgIpc) is 2.66. The van der Waals surface area contributed by atoms with Crippen LogP contribution in [0.5, 0.6) is 11.5 Å². The molecule has 138 valence electrons. The van der Waals surface area contributed by atoms with E-state index in [0.29, 0.717) is 24.6 Å². The molecule has 0 amide bonds. The molecule has 0 spiro atoms. The van der Waals surface area contributed by atoms with Crippen molar-refractivity contribution in [2.75, 3.05) is 27.4 Å². The summed E-state index contributed by atoms with van der Waals surface area (Å²) in [4.78, 5) is 9.66. The lowest BCUT2D eigenvalue weighted by molar-refractivity contribution is 0.137. The Kier molecular flexibility index (Phi) is 7.54. The summed E-state index contributed by atoms with van der Waals surface area (Å²) < 4.78 is 11.3. The Balaban J connectivity index is 1.74. The Morgan fingerprint density at radius 3 is 1.35 bits per heavy atom. The van der Waals surface area contributed by atoms with E-state index in [9.17, 15) is 0 Å². The van der Waals surface area contributed by atoms with Gasteiger partial charge in [0.05, 0.1) is 25.6 Å². The first-order chi connectivity index (χ1) is 12.6. The fraction of sp³-hybridized carbons (Fsp3) is 0.200. The van der Waals surface area contributed by atoms with Crippen molar-refractivity contribution in [2.24, 2.45) is 0 Å². The van der Waals surface area contributed by atoms with Gasteiger partial charge in [0, 0.05) is 0 Å². The van der Waals surface area contributed by atoms with Crippen LogP contribution in [0.2, 0.25) is 0 Å². The SMILES string of the molecule is C=C(NOC)c1ccc(OCCOc2ccc(C(=C)NOC)cc2)cc1. The number of ether oxygens (including phenoxy) is 2. The standard InChI is InChI=1S/C20H24N2O4/c1-15(21-23-3)17-5-9-19(10-6-17)25-13-14-26-20-11-7-18(8-12-20)16(2)22-24-4/h5-12,21-22H,1-2,13-14H2,3-4H3. The molecule has 6 heteroatoms. The zero-order valence-electron chi connectivity index (χ0n) is 15.1. The zero-order valence-corrected chi connectivity index (χ0v) is 15.1. The summed E-state index contributed by atoms with van der Waals surface area (Å²) in [6, 6.07) is 15.1. The molecule has 0 atom stereocenters. The highest BCUT2D eigenvalue weighted by Gasteiger charge is 2.01. The van der Waals surface area contributed by atoms with Crippen molar-refractivity contribution in [1.29, 1.82) is 0 Å². The zero-order chi connectivity index (χ0) is 18.8. The number of benzene rings is 2. The summed E-state index contributed by atoms with van der Waals surface area (Å²) in [6.45, 7) is 8.62. The molecule has 0 heterocycles. The van der Waals surface area contributed by atoms with Gasteiger partial charge in [-0.1, -0.05) is 13.2 Å². The van der Waals surface area contributed by atoms with Gasteiger partial charge in [-0.3, -0.25) is 20.6 Å². The van der Waals surface area contributed by atoms with Crippen molar-refractivity contribution >= 4 is 11.4 Å². The Bertz CT molecular complexity index is 648. The smallest absolute Gasteiger partial charge is 0.122 e. The molecule has 0 fully saturated rings. The fourth-order valence-electron chi connectivity index (χ4n) is 2.19. The minimum atomic E-state index is 0.441. The molecule has 0 aliphatic carbocycles. The van der Waals surface area contributed by atoms with E-state index < -0.39 is 0 Å². The molecule has 0 saturated carbocycles. The first-order valence-corrected chi connectivity index (χ1v) is 8.06. The highest BCUT2D eigenvalue weighted by atomic mass is 16.6. The molecular weight excluding hydrogens is 332 g/mol. The summed E-state index contributed by atoms with van der Waals surface area (Å²) in [5.41, 5.74) is 8.64. The number of hydroxylamine groups is 2. The van der Waals surface area contributed by atoms with E-state index in [2.05, 4.69) is 24.1 Å². The lowest BCUT2D eigenvalue weighted by atomic mass is 10.2. The van der Waals surface area contributed by atoms with Gasteiger partial charge in [0.1, 0.15) is 24.7 Å². The van der Waals surface area contributed by atoms with E-state index in [4.69, 9.17) is 19.1 Å². The minimum absolute atomic E-state index is 0.441. The minimum Gasteiger partial charge on any atom is -0.490 e. The summed E-state index contributed by atoms with van der Waals surface area (Å²) in [7, 11) is 3.09. The average molecular weight is 356 g/mol. The molecule has 0 unspecified atom stereocenters. The normalized spacial score (nSPS) is 10.1. The molecule has 26 heavy (non-hydrogen) atoms. The van der Waals surface area contributed by atoms with Crippen LogP contribution in [-0.4, -0.2) is 27.4 Å². The third-order valence-corrected chi connectivity index (χ3v) is 3.48. The maximum absolute atomic E-state index is 5.67. The molecule has 2 aromatic rings. The molecule has 0 aliphatic heterocycles. The molecule has 2 N–H and O–H groups in total. The van der Waals surface area contributed by atoms with Crippen molar-refractivity contribution in [3.63, 3.8) is 0 Å². The molecular formula is C20H24N2O4. The van der Waals surface area contributed by atoms with Crippen molar-refractivity contribution in [2.45, 2.75) is 0 Å². The third kappa shape index (κ3) is 5.84. The highest BCUT2D eigenvalue weighted by molar-refractivity contribution is 5.62. The quantitative estimate of drug-likeness (QED) is 0.475. The van der Waals surface area contributed by atoms with Crippen molar-refractivity contribution in [1.82, 2.24) is 11.0 Å². The molecule has 0 bridgehead atoms. The first-order valence-electron chi connectivity index (χ1n) is 8.06. The Hall–Kier alpha value is -2.96. The van der Waals surface area contributed by atoms with Crippen LogP contribution in [-0.2, 0) is 9.68 Å². The van der Waals surface area contributed by atoms with Crippen molar-refractivity contribution in [3.8, 4) is 11.5 Å². The molecule has 6 nitrogen and oxygen atoms in total. The van der Waals surface area contributed by atoms with Gasteiger partial charge in [0.2, 0.25) is 0 Å². The van der Waals surface area contributed by atoms with Crippen LogP contribution in [0.1, 0.15) is 11.1 Å². The van der Waals surface area contributed by atoms with E-state index in [-0.39, 0.29) is 0 Å². The Labute approximate surface area is 153 Å². The van der Waals surface area contributed by atoms with Crippen LogP contribution >= 0.6 is 0 Å². The van der Waals surface area contributed by atoms with E-state index in [1.165, 1.54) is 0 Å². The molecule has 2 aromatic carbocycles. The lowest BCUT2D eigenvalue weighted by Crippen LogP contribution is -2.10. The van der Waals surface area contributed by atoms with Crippen LogP contribution in [0.15, 0.2) is 61.7 Å². The molecule has 0 aliphatic rings. The van der Waals surface area contributed by atoms with Crippen LogP contribution in [0, 0.1) is 0 Å². The highest BCUT2D eigenvalue weighted by Crippen LogP contribution is 2.17. The predicted molar refractivity (Wildman–Crippen MR) is 102 cm³/mol. The van der Waals surface area contributed by atoms with E-state index in [1.54, 1.807) is 14.2 Å². The van der Waals surface area contributed by atoms with Gasteiger partial charge in [0.25, 0.3) is 0 Å². The maximum atomic E-state index is 5.67. The van der Waals surface area contributed by atoms with Gasteiger partial charge < -0.3 is 9.47 Å². The second-order valence-electron chi connectivity index (χ2n) is 5.32. The monoisotopic (exact) mass is 356 g/mol. The second-order valence-corrected chi connectivity index (χ2v) is 5.32. The summed E-state index contributed by atoms with van der Waals surface area (Å²) >= 11 is 0. The fourth-order valence-corrected chi connectivity index (χ4v) is 2.19. The van der Waals surface area contributed by atoms with Crippen molar-refractivity contribution in [3.05, 3.63) is 72.8 Å².